The van der Waals surface area contributed by atoms with Gasteiger partial charge in [-0.25, -0.2) is 9.18 Å². The number of halogens is 1. The number of ether oxygens (including phenoxy) is 4. The zero-order chi connectivity index (χ0) is 22.6. The highest BCUT2D eigenvalue weighted by molar-refractivity contribution is 5.36. The van der Waals surface area contributed by atoms with Gasteiger partial charge in [-0.15, -0.1) is 0 Å². The molecule has 9 heteroatoms. The van der Waals surface area contributed by atoms with E-state index in [4.69, 9.17) is 24.7 Å². The number of hydrogen-bond donors (Lipinski definition) is 1. The summed E-state index contributed by atoms with van der Waals surface area (Å²) in [6.07, 6.45) is 2.98. The predicted molar refractivity (Wildman–Crippen MR) is 117 cm³/mol. The lowest BCUT2D eigenvalue weighted by Crippen LogP contribution is -2.36. The maximum absolute atomic E-state index is 15.4. The largest absolute Gasteiger partial charge is 0.383 e. The number of unbranched alkanes of at least 4 members (excludes halogenated alkanes) is 3. The predicted octanol–water partition coefficient (Wildman–Crippen LogP) is 3.38. The van der Waals surface area contributed by atoms with Gasteiger partial charge in [0.05, 0.1) is 13.2 Å². The maximum atomic E-state index is 15.4. The van der Waals surface area contributed by atoms with Crippen LogP contribution in [0.1, 0.15) is 71.1 Å². The fraction of sp³-hybridized carbons (Fsp3) is 0.818. The molecule has 1 aliphatic rings. The van der Waals surface area contributed by atoms with Crippen molar-refractivity contribution in [2.75, 3.05) is 32.2 Å². The molecule has 0 aromatic carbocycles. The van der Waals surface area contributed by atoms with Gasteiger partial charge in [0.2, 0.25) is 0 Å². The molecular weight excluding hydrogens is 405 g/mol. The Bertz CT molecular complexity index is 702. The summed E-state index contributed by atoms with van der Waals surface area (Å²) in [4.78, 5) is 16.3. The highest BCUT2D eigenvalue weighted by atomic mass is 19.1. The normalized spacial score (nSPS) is 23.5. The molecule has 0 bridgehead atoms. The number of nitrogens with two attached hydrogens (primary N) is 1. The van der Waals surface area contributed by atoms with Crippen molar-refractivity contribution in [3.8, 4) is 0 Å². The quantitative estimate of drug-likeness (QED) is 0.415. The summed E-state index contributed by atoms with van der Waals surface area (Å²) in [6, 6.07) is 0. The summed E-state index contributed by atoms with van der Waals surface area (Å²) < 4.78 is 39.5. The highest BCUT2D eigenvalue weighted by Crippen LogP contribution is 2.34. The number of alkyl halides is 1. The van der Waals surface area contributed by atoms with Crippen molar-refractivity contribution < 1.29 is 23.3 Å². The Morgan fingerprint density at radius 3 is 2.42 bits per heavy atom. The molecule has 8 nitrogen and oxygen atoms in total. The van der Waals surface area contributed by atoms with Gasteiger partial charge < -0.3 is 24.7 Å². The number of rotatable bonds is 15. The van der Waals surface area contributed by atoms with Crippen molar-refractivity contribution in [2.45, 2.75) is 90.5 Å². The lowest BCUT2D eigenvalue weighted by atomic mass is 10.1. The molecule has 1 unspecified atom stereocenters. The summed E-state index contributed by atoms with van der Waals surface area (Å²) in [5.41, 5.74) is 5.75. The second-order valence-corrected chi connectivity index (χ2v) is 7.87. The average molecular weight is 444 g/mol. The second kappa shape index (κ2) is 13.8. The molecule has 1 aromatic heterocycles. The van der Waals surface area contributed by atoms with Gasteiger partial charge in [-0.3, -0.25) is 4.57 Å². The van der Waals surface area contributed by atoms with Crippen molar-refractivity contribution in [2.24, 2.45) is 0 Å². The van der Waals surface area contributed by atoms with Gasteiger partial charge in [-0.2, -0.15) is 4.98 Å². The molecular formula is C22H38FN3O5. The fourth-order valence-corrected chi connectivity index (χ4v) is 3.30. The van der Waals surface area contributed by atoms with E-state index in [1.165, 1.54) is 6.20 Å². The summed E-state index contributed by atoms with van der Waals surface area (Å²) in [7, 11) is 0. The zero-order valence-electron chi connectivity index (χ0n) is 19.1. The number of hydrogen-bond acceptors (Lipinski definition) is 7. The van der Waals surface area contributed by atoms with Gasteiger partial charge in [0.25, 0.3) is 0 Å². The lowest BCUT2D eigenvalue weighted by Gasteiger charge is -2.19. The topological polar surface area (TPSA) is 97.8 Å². The van der Waals surface area contributed by atoms with Crippen molar-refractivity contribution in [3.63, 3.8) is 0 Å². The van der Waals surface area contributed by atoms with E-state index in [0.717, 1.165) is 43.1 Å². The molecule has 2 heterocycles. The molecule has 0 radical (unpaired) electrons. The van der Waals surface area contributed by atoms with Crippen LogP contribution in [-0.4, -0.2) is 54.4 Å². The van der Waals surface area contributed by atoms with Crippen molar-refractivity contribution in [1.29, 1.82) is 0 Å². The molecule has 0 saturated carbocycles. The van der Waals surface area contributed by atoms with Crippen LogP contribution >= 0.6 is 0 Å². The Hall–Kier alpha value is -1.55. The van der Waals surface area contributed by atoms with E-state index in [1.807, 2.05) is 6.92 Å². The number of nitrogen functional groups attached to an aromatic ring is 1. The lowest BCUT2D eigenvalue weighted by molar-refractivity contribution is -0.0778. The Morgan fingerprint density at radius 2 is 1.74 bits per heavy atom. The van der Waals surface area contributed by atoms with Crippen LogP contribution in [0.15, 0.2) is 11.0 Å². The number of aromatic nitrogens is 2. The minimum Gasteiger partial charge on any atom is -0.383 e. The van der Waals surface area contributed by atoms with Gasteiger partial charge in [0, 0.05) is 31.6 Å². The van der Waals surface area contributed by atoms with Crippen molar-refractivity contribution in [1.82, 2.24) is 9.55 Å². The van der Waals surface area contributed by atoms with Crippen molar-refractivity contribution >= 4 is 5.82 Å². The Kier molecular flexibility index (Phi) is 11.4. The first-order valence-corrected chi connectivity index (χ1v) is 11.5. The fourth-order valence-electron chi connectivity index (χ4n) is 3.30. The molecule has 178 valence electrons. The van der Waals surface area contributed by atoms with Gasteiger partial charge in [0.1, 0.15) is 18.0 Å². The summed E-state index contributed by atoms with van der Waals surface area (Å²) >= 11 is 0. The molecule has 1 saturated heterocycles. The standard InChI is InChI=1S/C22H38FN3O5/c1-4-7-10-28-14-16-13-26(22(27)25-20(16)24)21-18(23)19(30-12-9-6-3)17(31-21)15-29-11-8-5-2/h13,17-19,21H,4-12,14-15H2,1-3H3,(H2,24,25,27)/t17-,18+,19?,21-/m1/s1. The van der Waals surface area contributed by atoms with Gasteiger partial charge >= 0.3 is 5.69 Å². The monoisotopic (exact) mass is 443 g/mol. The van der Waals surface area contributed by atoms with Crippen LogP contribution in [0.3, 0.4) is 0 Å². The molecule has 1 aliphatic heterocycles. The first-order valence-electron chi connectivity index (χ1n) is 11.5. The minimum atomic E-state index is -1.53. The van der Waals surface area contributed by atoms with Crippen LogP contribution in [0.5, 0.6) is 0 Å². The van der Waals surface area contributed by atoms with Crippen LogP contribution in [0, 0.1) is 0 Å². The minimum absolute atomic E-state index is 0.0846. The third-order valence-electron chi connectivity index (χ3n) is 5.23. The van der Waals surface area contributed by atoms with Gasteiger partial charge in [-0.05, 0) is 19.3 Å². The van der Waals surface area contributed by atoms with E-state index in [1.54, 1.807) is 0 Å². The molecule has 1 aromatic rings. The van der Waals surface area contributed by atoms with Crippen LogP contribution in [0.4, 0.5) is 10.2 Å². The number of anilines is 1. The van der Waals surface area contributed by atoms with Crippen LogP contribution < -0.4 is 11.4 Å². The molecule has 2 N–H and O–H groups in total. The van der Waals surface area contributed by atoms with Crippen LogP contribution in [0.2, 0.25) is 0 Å². The molecule has 4 atom stereocenters. The molecule has 0 aliphatic carbocycles. The maximum Gasteiger partial charge on any atom is 0.351 e. The summed E-state index contributed by atoms with van der Waals surface area (Å²) in [6.45, 7) is 8.16. The third-order valence-corrected chi connectivity index (χ3v) is 5.23. The number of nitrogens with zero attached hydrogens (tertiary/aromatic N) is 2. The van der Waals surface area contributed by atoms with Crippen LogP contribution in [0.25, 0.3) is 0 Å². The molecule has 2 rings (SSSR count). The molecule has 0 spiro atoms. The van der Waals surface area contributed by atoms with E-state index in [0.29, 0.717) is 25.4 Å². The molecule has 31 heavy (non-hydrogen) atoms. The van der Waals surface area contributed by atoms with E-state index >= 15 is 4.39 Å². The van der Waals surface area contributed by atoms with Crippen LogP contribution in [-0.2, 0) is 25.6 Å². The summed E-state index contributed by atoms with van der Waals surface area (Å²) in [5, 5.41) is 0. The zero-order valence-corrected chi connectivity index (χ0v) is 19.1. The first kappa shape index (κ1) is 25.7. The third kappa shape index (κ3) is 7.52. The van der Waals surface area contributed by atoms with E-state index in [2.05, 4.69) is 18.8 Å². The molecule has 1 fully saturated rings. The highest BCUT2D eigenvalue weighted by Gasteiger charge is 2.47. The molecule has 0 amide bonds. The van der Waals surface area contributed by atoms with Crippen molar-refractivity contribution in [3.05, 3.63) is 22.2 Å². The van der Waals surface area contributed by atoms with Gasteiger partial charge in [0.15, 0.2) is 12.4 Å². The van der Waals surface area contributed by atoms with E-state index in [-0.39, 0.29) is 19.0 Å². The smallest absolute Gasteiger partial charge is 0.351 e. The van der Waals surface area contributed by atoms with E-state index < -0.39 is 30.3 Å². The van der Waals surface area contributed by atoms with Gasteiger partial charge in [-0.1, -0.05) is 40.0 Å². The first-order chi connectivity index (χ1) is 15.0. The second-order valence-electron chi connectivity index (χ2n) is 7.87. The Morgan fingerprint density at radius 1 is 1.10 bits per heavy atom. The SMILES string of the molecule is CCCCOCc1cn([C@@H]2O[C@H](COCCCC)C(OCCCC)[C@@H]2F)c(=O)nc1N. The van der Waals surface area contributed by atoms with E-state index in [9.17, 15) is 4.79 Å². The summed E-state index contributed by atoms with van der Waals surface area (Å²) in [5.74, 6) is 0.0846. The Balaban J connectivity index is 2.15. The average Bonchev–Trinajstić information content (AvgIpc) is 3.05. The Labute approximate surface area is 184 Å².